The maximum Gasteiger partial charge on any atom is 0.269 e. The van der Waals surface area contributed by atoms with Crippen LogP contribution in [0.15, 0.2) is 22.7 Å². The summed E-state index contributed by atoms with van der Waals surface area (Å²) in [6, 6.07) is 6.30. The van der Waals surface area contributed by atoms with E-state index in [1.54, 1.807) is 6.07 Å². The van der Waals surface area contributed by atoms with Crippen LogP contribution in [0.2, 0.25) is 0 Å². The van der Waals surface area contributed by atoms with Gasteiger partial charge in [-0.1, -0.05) is 15.9 Å². The first-order valence-electron chi connectivity index (χ1n) is 3.45. The Morgan fingerprint density at radius 3 is 2.85 bits per heavy atom. The topological polar surface area (TPSA) is 66.9 Å². The quantitative estimate of drug-likeness (QED) is 0.589. The molecule has 0 saturated heterocycles. The molecule has 0 bridgehead atoms. The van der Waals surface area contributed by atoms with Gasteiger partial charge in [-0.2, -0.15) is 5.26 Å². The van der Waals surface area contributed by atoms with Gasteiger partial charge in [0, 0.05) is 16.6 Å². The molecule has 0 atom stereocenters. The van der Waals surface area contributed by atoms with Gasteiger partial charge in [-0.25, -0.2) is 0 Å². The summed E-state index contributed by atoms with van der Waals surface area (Å²) in [5.41, 5.74) is 0.644. The summed E-state index contributed by atoms with van der Waals surface area (Å²) in [5, 5.41) is 18.8. The molecule has 0 aromatic heterocycles. The summed E-state index contributed by atoms with van der Waals surface area (Å²) in [5.74, 6) is 0. The fourth-order valence-electron chi connectivity index (χ4n) is 0.895. The molecule has 13 heavy (non-hydrogen) atoms. The number of rotatable bonds is 2. The second-order valence-electron chi connectivity index (χ2n) is 2.37. The highest BCUT2D eigenvalue weighted by Gasteiger charge is 2.08. The van der Waals surface area contributed by atoms with E-state index in [1.807, 2.05) is 6.07 Å². The molecule has 0 aliphatic heterocycles. The number of nitriles is 1. The fraction of sp³-hybridized carbons (Fsp3) is 0.125. The predicted octanol–water partition coefficient (Wildman–Crippen LogP) is 2.42. The van der Waals surface area contributed by atoms with Crippen molar-refractivity contribution >= 4 is 21.6 Å². The molecule has 1 aromatic rings. The van der Waals surface area contributed by atoms with Crippen LogP contribution in [0.25, 0.3) is 0 Å². The number of non-ortho nitro benzene ring substituents is 1. The van der Waals surface area contributed by atoms with Crippen molar-refractivity contribution in [1.29, 1.82) is 5.26 Å². The summed E-state index contributed by atoms with van der Waals surface area (Å²) in [7, 11) is 0. The first-order valence-corrected chi connectivity index (χ1v) is 4.24. The van der Waals surface area contributed by atoms with Gasteiger partial charge in [0.15, 0.2) is 0 Å². The third-order valence-corrected chi connectivity index (χ3v) is 2.28. The van der Waals surface area contributed by atoms with E-state index in [1.165, 1.54) is 12.1 Å². The molecule has 1 aromatic carbocycles. The van der Waals surface area contributed by atoms with E-state index >= 15 is 0 Å². The van der Waals surface area contributed by atoms with Crippen LogP contribution >= 0.6 is 15.9 Å². The van der Waals surface area contributed by atoms with Crippen molar-refractivity contribution in [3.05, 3.63) is 38.3 Å². The number of halogens is 1. The molecule has 0 heterocycles. The number of nitrogens with zero attached hydrogens (tertiary/aromatic N) is 2. The van der Waals surface area contributed by atoms with Gasteiger partial charge in [-0.3, -0.25) is 10.1 Å². The van der Waals surface area contributed by atoms with Crippen LogP contribution in [-0.2, 0) is 6.42 Å². The number of nitro groups is 1. The van der Waals surface area contributed by atoms with Crippen LogP contribution in [0.1, 0.15) is 5.56 Å². The fourth-order valence-corrected chi connectivity index (χ4v) is 1.28. The summed E-state index contributed by atoms with van der Waals surface area (Å²) >= 11 is 3.21. The summed E-state index contributed by atoms with van der Waals surface area (Å²) in [6.45, 7) is 0. The Morgan fingerprint density at radius 2 is 2.31 bits per heavy atom. The Balaban J connectivity index is 3.12. The lowest BCUT2D eigenvalue weighted by molar-refractivity contribution is -0.384. The largest absolute Gasteiger partial charge is 0.269 e. The number of nitro benzene ring substituents is 1. The molecule has 0 spiro atoms. The number of benzene rings is 1. The highest BCUT2D eigenvalue weighted by atomic mass is 79.9. The molecule has 0 aliphatic carbocycles. The molecule has 0 radical (unpaired) electrons. The first kappa shape index (κ1) is 9.68. The van der Waals surface area contributed by atoms with Crippen molar-refractivity contribution in [3.63, 3.8) is 0 Å². The molecule has 66 valence electrons. The average Bonchev–Trinajstić information content (AvgIpc) is 2.08. The van der Waals surface area contributed by atoms with E-state index in [9.17, 15) is 10.1 Å². The van der Waals surface area contributed by atoms with E-state index in [2.05, 4.69) is 15.9 Å². The van der Waals surface area contributed by atoms with Gasteiger partial charge in [-0.05, 0) is 11.6 Å². The van der Waals surface area contributed by atoms with Crippen molar-refractivity contribution in [1.82, 2.24) is 0 Å². The number of hydrogen-bond donors (Lipinski definition) is 0. The van der Waals surface area contributed by atoms with Crippen LogP contribution in [0, 0.1) is 21.4 Å². The molecule has 0 N–H and O–H groups in total. The maximum absolute atomic E-state index is 10.4. The van der Waals surface area contributed by atoms with Crippen LogP contribution in [0.4, 0.5) is 5.69 Å². The van der Waals surface area contributed by atoms with Crippen LogP contribution < -0.4 is 0 Å². The molecule has 4 nitrogen and oxygen atoms in total. The van der Waals surface area contributed by atoms with Crippen molar-refractivity contribution in [2.75, 3.05) is 0 Å². The SMILES string of the molecule is N#CCc1cc([N+](=O)[O-])ccc1Br. The lowest BCUT2D eigenvalue weighted by atomic mass is 10.1. The van der Waals surface area contributed by atoms with Crippen molar-refractivity contribution < 1.29 is 4.92 Å². The molecule has 0 fully saturated rings. The molecular weight excluding hydrogens is 236 g/mol. The molecule has 0 unspecified atom stereocenters. The van der Waals surface area contributed by atoms with E-state index < -0.39 is 4.92 Å². The smallest absolute Gasteiger partial charge is 0.258 e. The molecule has 0 amide bonds. The van der Waals surface area contributed by atoms with E-state index in [4.69, 9.17) is 5.26 Å². The van der Waals surface area contributed by atoms with Gasteiger partial charge < -0.3 is 0 Å². The van der Waals surface area contributed by atoms with E-state index in [-0.39, 0.29) is 12.1 Å². The zero-order valence-electron chi connectivity index (χ0n) is 6.53. The predicted molar refractivity (Wildman–Crippen MR) is 50.1 cm³/mol. The Morgan fingerprint density at radius 1 is 1.62 bits per heavy atom. The zero-order chi connectivity index (χ0) is 9.84. The maximum atomic E-state index is 10.4. The summed E-state index contributed by atoms with van der Waals surface area (Å²) < 4.78 is 0.722. The second-order valence-corrected chi connectivity index (χ2v) is 3.22. The minimum atomic E-state index is -0.479. The van der Waals surface area contributed by atoms with Gasteiger partial charge in [0.25, 0.3) is 5.69 Å². The molecular formula is C8H5BrN2O2. The van der Waals surface area contributed by atoms with Crippen LogP contribution in [-0.4, -0.2) is 4.92 Å². The van der Waals surface area contributed by atoms with E-state index in [0.29, 0.717) is 5.56 Å². The van der Waals surface area contributed by atoms with E-state index in [0.717, 1.165) is 4.47 Å². The Labute approximate surface area is 83.1 Å². The zero-order valence-corrected chi connectivity index (χ0v) is 8.11. The third kappa shape index (κ3) is 2.26. The monoisotopic (exact) mass is 240 g/mol. The van der Waals surface area contributed by atoms with Crippen molar-refractivity contribution in [2.24, 2.45) is 0 Å². The van der Waals surface area contributed by atoms with Gasteiger partial charge >= 0.3 is 0 Å². The highest BCUT2D eigenvalue weighted by molar-refractivity contribution is 9.10. The minimum Gasteiger partial charge on any atom is -0.258 e. The minimum absolute atomic E-state index is 0.00782. The van der Waals surface area contributed by atoms with Gasteiger partial charge in [-0.15, -0.1) is 0 Å². The van der Waals surface area contributed by atoms with Gasteiger partial charge in [0.1, 0.15) is 0 Å². The normalized spacial score (nSPS) is 9.23. The Hall–Kier alpha value is -1.41. The lowest BCUT2D eigenvalue weighted by Gasteiger charge is -1.98. The van der Waals surface area contributed by atoms with Crippen molar-refractivity contribution in [2.45, 2.75) is 6.42 Å². The van der Waals surface area contributed by atoms with Crippen molar-refractivity contribution in [3.8, 4) is 6.07 Å². The first-order chi connectivity index (χ1) is 6.15. The molecule has 5 heteroatoms. The third-order valence-electron chi connectivity index (χ3n) is 1.51. The lowest BCUT2D eigenvalue weighted by Crippen LogP contribution is -1.90. The second kappa shape index (κ2) is 4.01. The standard InChI is InChI=1S/C8H5BrN2O2/c9-8-2-1-7(11(12)13)5-6(8)3-4-10/h1-2,5H,3H2. The Kier molecular flexibility index (Phi) is 2.98. The Bertz CT molecular complexity index is 384. The average molecular weight is 241 g/mol. The highest BCUT2D eigenvalue weighted by Crippen LogP contribution is 2.22. The summed E-state index contributed by atoms with van der Waals surface area (Å²) in [4.78, 5) is 9.90. The molecule has 0 aliphatic rings. The van der Waals surface area contributed by atoms with Crippen LogP contribution in [0.3, 0.4) is 0 Å². The summed E-state index contributed by atoms with van der Waals surface area (Å²) in [6.07, 6.45) is 0.169. The molecule has 0 saturated carbocycles. The van der Waals surface area contributed by atoms with Gasteiger partial charge in [0.05, 0.1) is 17.4 Å². The van der Waals surface area contributed by atoms with Crippen LogP contribution in [0.5, 0.6) is 0 Å². The van der Waals surface area contributed by atoms with Gasteiger partial charge in [0.2, 0.25) is 0 Å². The molecule has 1 rings (SSSR count). The number of hydrogen-bond acceptors (Lipinski definition) is 3.